The molecule has 1 N–H and O–H groups in total. The number of ether oxygens (including phenoxy) is 2. The number of aromatic nitrogens is 2. The number of benzene rings is 1. The first-order chi connectivity index (χ1) is 12.2. The Kier molecular flexibility index (Phi) is 3.79. The van der Waals surface area contributed by atoms with E-state index in [1.807, 2.05) is 23.1 Å². The average molecular weight is 341 g/mol. The van der Waals surface area contributed by atoms with E-state index in [4.69, 9.17) is 9.47 Å². The Hall–Kier alpha value is -3.03. The summed E-state index contributed by atoms with van der Waals surface area (Å²) in [5.74, 6) is 2.67. The van der Waals surface area contributed by atoms with E-state index >= 15 is 0 Å². The largest absolute Gasteiger partial charge is 0.493 e. The number of hydrogen-bond donors (Lipinski definition) is 1. The van der Waals surface area contributed by atoms with Crippen molar-refractivity contribution in [2.24, 2.45) is 4.99 Å². The Balaban J connectivity index is 1.58. The van der Waals surface area contributed by atoms with Gasteiger partial charge in [-0.25, -0.2) is 4.98 Å². The molecule has 0 fully saturated rings. The smallest absolute Gasteiger partial charge is 0.280 e. The summed E-state index contributed by atoms with van der Waals surface area (Å²) in [5, 5.41) is 0. The molecule has 25 heavy (non-hydrogen) atoms. The number of fused-ring (bicyclic) bond motifs is 2. The summed E-state index contributed by atoms with van der Waals surface area (Å²) < 4.78 is 10.6. The first kappa shape index (κ1) is 15.5. The van der Waals surface area contributed by atoms with Gasteiger partial charge in [-0.2, -0.15) is 0 Å². The highest BCUT2D eigenvalue weighted by molar-refractivity contribution is 6.17. The molecule has 0 atom stereocenters. The van der Waals surface area contributed by atoms with Crippen LogP contribution in [-0.4, -0.2) is 60.6 Å². The first-order valence-corrected chi connectivity index (χ1v) is 8.11. The van der Waals surface area contributed by atoms with Crippen molar-refractivity contribution in [3.63, 3.8) is 0 Å². The lowest BCUT2D eigenvalue weighted by Gasteiger charge is -2.33. The number of nitrogens with one attached hydrogen (secondary N) is 1. The number of anilines is 1. The minimum absolute atomic E-state index is 0.0638. The van der Waals surface area contributed by atoms with Gasteiger partial charge >= 0.3 is 0 Å². The summed E-state index contributed by atoms with van der Waals surface area (Å²) in [7, 11) is 3.24. The molecule has 4 rings (SSSR count). The minimum atomic E-state index is -0.0638. The predicted octanol–water partition coefficient (Wildman–Crippen LogP) is 1.30. The zero-order chi connectivity index (χ0) is 17.4. The van der Waals surface area contributed by atoms with E-state index in [0.29, 0.717) is 48.6 Å². The van der Waals surface area contributed by atoms with Crippen LogP contribution in [0.25, 0.3) is 0 Å². The number of aromatic amines is 1. The van der Waals surface area contributed by atoms with Crippen LogP contribution < -0.4 is 14.4 Å². The molecule has 2 aromatic rings. The van der Waals surface area contributed by atoms with E-state index in [-0.39, 0.29) is 5.91 Å². The van der Waals surface area contributed by atoms with Crippen LogP contribution in [0, 0.1) is 0 Å². The third-order valence-electron chi connectivity index (χ3n) is 4.47. The maximum atomic E-state index is 12.4. The lowest BCUT2D eigenvalue weighted by atomic mass is 10.1. The van der Waals surface area contributed by atoms with E-state index in [9.17, 15) is 4.79 Å². The summed E-state index contributed by atoms with van der Waals surface area (Å²) in [5.41, 5.74) is 1.63. The molecule has 0 spiro atoms. The second-order valence-corrected chi connectivity index (χ2v) is 5.83. The average Bonchev–Trinajstić information content (AvgIpc) is 3.31. The zero-order valence-electron chi connectivity index (χ0n) is 14.2. The SMILES string of the molecule is COc1ccc(CCN2C3=NCCN3C(=O)c3[nH]cnc32)cc1OC. The fraction of sp³-hybridized carbons (Fsp3) is 0.353. The van der Waals surface area contributed by atoms with Crippen LogP contribution in [-0.2, 0) is 6.42 Å². The Morgan fingerprint density at radius 2 is 2.08 bits per heavy atom. The molecule has 8 nitrogen and oxygen atoms in total. The molecule has 3 heterocycles. The second kappa shape index (κ2) is 6.12. The Morgan fingerprint density at radius 1 is 1.24 bits per heavy atom. The number of rotatable bonds is 5. The molecule has 0 saturated heterocycles. The molecular weight excluding hydrogens is 322 g/mol. The Bertz CT molecular complexity index is 845. The van der Waals surface area contributed by atoms with Crippen molar-refractivity contribution in [3.8, 4) is 11.5 Å². The number of carbonyl (C=O) groups is 1. The topological polar surface area (TPSA) is 83.0 Å². The van der Waals surface area contributed by atoms with Crippen molar-refractivity contribution in [1.82, 2.24) is 14.9 Å². The number of hydrogen-bond acceptors (Lipinski definition) is 6. The van der Waals surface area contributed by atoms with Gasteiger partial charge in [0.25, 0.3) is 5.91 Å². The van der Waals surface area contributed by atoms with Crippen molar-refractivity contribution in [3.05, 3.63) is 35.8 Å². The standard InChI is InChI=1S/C17H19N5O3/c1-24-12-4-3-11(9-13(12)25-2)5-7-21-15-14(19-10-20-15)16(23)22-8-6-18-17(21)22/h3-4,9-10H,5-8H2,1-2H3,(H,19,20). The van der Waals surface area contributed by atoms with Crippen molar-refractivity contribution >= 4 is 17.7 Å². The first-order valence-electron chi connectivity index (χ1n) is 8.11. The zero-order valence-corrected chi connectivity index (χ0v) is 14.2. The maximum Gasteiger partial charge on any atom is 0.280 e. The van der Waals surface area contributed by atoms with E-state index in [1.54, 1.807) is 25.4 Å². The Morgan fingerprint density at radius 3 is 2.88 bits per heavy atom. The van der Waals surface area contributed by atoms with E-state index in [0.717, 1.165) is 12.0 Å². The third kappa shape index (κ3) is 2.50. The summed E-state index contributed by atoms with van der Waals surface area (Å²) in [4.78, 5) is 27.9. The summed E-state index contributed by atoms with van der Waals surface area (Å²) >= 11 is 0. The number of guanidine groups is 1. The number of amides is 1. The number of H-pyrrole nitrogens is 1. The molecule has 0 aliphatic carbocycles. The summed E-state index contributed by atoms with van der Waals surface area (Å²) in [6, 6.07) is 5.87. The predicted molar refractivity (Wildman–Crippen MR) is 92.5 cm³/mol. The van der Waals surface area contributed by atoms with Gasteiger partial charge < -0.3 is 14.5 Å². The van der Waals surface area contributed by atoms with E-state index < -0.39 is 0 Å². The number of aliphatic imine (C=N–C) groups is 1. The van der Waals surface area contributed by atoms with Crippen LogP contribution in [0.2, 0.25) is 0 Å². The number of methoxy groups -OCH3 is 2. The van der Waals surface area contributed by atoms with E-state index in [1.165, 1.54) is 0 Å². The van der Waals surface area contributed by atoms with Gasteiger partial charge in [0.2, 0.25) is 5.96 Å². The van der Waals surface area contributed by atoms with Gasteiger partial charge in [0.05, 0.1) is 27.1 Å². The molecule has 0 unspecified atom stereocenters. The quantitative estimate of drug-likeness (QED) is 0.886. The summed E-state index contributed by atoms with van der Waals surface area (Å²) in [6.07, 6.45) is 2.31. The van der Waals surface area contributed by atoms with Gasteiger partial charge in [-0.1, -0.05) is 6.07 Å². The van der Waals surface area contributed by atoms with Gasteiger partial charge in [-0.15, -0.1) is 0 Å². The lowest BCUT2D eigenvalue weighted by Crippen LogP contribution is -2.50. The highest BCUT2D eigenvalue weighted by atomic mass is 16.5. The van der Waals surface area contributed by atoms with Gasteiger partial charge in [-0.3, -0.25) is 19.6 Å². The van der Waals surface area contributed by atoms with Gasteiger partial charge in [0, 0.05) is 13.1 Å². The third-order valence-corrected chi connectivity index (χ3v) is 4.47. The van der Waals surface area contributed by atoms with Crippen LogP contribution in [0.1, 0.15) is 16.1 Å². The fourth-order valence-corrected chi connectivity index (χ4v) is 3.22. The van der Waals surface area contributed by atoms with E-state index in [2.05, 4.69) is 15.0 Å². The van der Waals surface area contributed by atoms with Gasteiger partial charge in [0.1, 0.15) is 5.69 Å². The molecule has 1 aromatic heterocycles. The van der Waals surface area contributed by atoms with Crippen LogP contribution in [0.15, 0.2) is 29.5 Å². The van der Waals surface area contributed by atoms with Crippen LogP contribution in [0.4, 0.5) is 5.82 Å². The molecule has 1 amide bonds. The highest BCUT2D eigenvalue weighted by Gasteiger charge is 2.38. The Labute approximate surface area is 145 Å². The molecule has 1 aromatic carbocycles. The fourth-order valence-electron chi connectivity index (χ4n) is 3.22. The number of imidazole rings is 1. The molecule has 130 valence electrons. The lowest BCUT2D eigenvalue weighted by molar-refractivity contribution is 0.0846. The normalized spacial score (nSPS) is 15.8. The second-order valence-electron chi connectivity index (χ2n) is 5.83. The van der Waals surface area contributed by atoms with Crippen molar-refractivity contribution in [1.29, 1.82) is 0 Å². The van der Waals surface area contributed by atoms with Crippen molar-refractivity contribution < 1.29 is 14.3 Å². The summed E-state index contributed by atoms with van der Waals surface area (Å²) in [6.45, 7) is 1.90. The minimum Gasteiger partial charge on any atom is -0.493 e. The number of carbonyl (C=O) groups excluding carboxylic acids is 1. The number of nitrogens with zero attached hydrogens (tertiary/aromatic N) is 4. The van der Waals surface area contributed by atoms with Gasteiger partial charge in [-0.05, 0) is 24.1 Å². The molecular formula is C17H19N5O3. The van der Waals surface area contributed by atoms with Crippen LogP contribution >= 0.6 is 0 Å². The maximum absolute atomic E-state index is 12.4. The molecule has 0 saturated carbocycles. The molecule has 8 heteroatoms. The molecule has 2 aliphatic heterocycles. The molecule has 0 bridgehead atoms. The van der Waals surface area contributed by atoms with Gasteiger partial charge in [0.15, 0.2) is 17.3 Å². The molecule has 2 aliphatic rings. The highest BCUT2D eigenvalue weighted by Crippen LogP contribution is 2.30. The van der Waals surface area contributed by atoms with Crippen LogP contribution in [0.5, 0.6) is 11.5 Å². The van der Waals surface area contributed by atoms with Crippen molar-refractivity contribution in [2.75, 3.05) is 38.8 Å². The monoisotopic (exact) mass is 341 g/mol. The van der Waals surface area contributed by atoms with Crippen molar-refractivity contribution in [2.45, 2.75) is 6.42 Å². The van der Waals surface area contributed by atoms with Crippen LogP contribution in [0.3, 0.4) is 0 Å². The molecule has 0 radical (unpaired) electrons.